The van der Waals surface area contributed by atoms with Gasteiger partial charge in [0.1, 0.15) is 6.04 Å². The number of rotatable bonds is 6. The van der Waals surface area contributed by atoms with Crippen molar-refractivity contribution in [3.05, 3.63) is 0 Å². The summed E-state index contributed by atoms with van der Waals surface area (Å²) in [5, 5.41) is 20.5. The fraction of sp³-hybridized carbons (Fsp3) is 0.875. The van der Waals surface area contributed by atoms with E-state index in [0.29, 0.717) is 19.4 Å². The highest BCUT2D eigenvalue weighted by Crippen LogP contribution is 1.93. The number of aliphatic carboxylic acids is 1. The predicted octanol–water partition coefficient (Wildman–Crippen LogP) is 0.210. The average molecular weight is 175 g/mol. The van der Waals surface area contributed by atoms with Crippen LogP contribution >= 0.6 is 0 Å². The Morgan fingerprint density at radius 3 is 2.33 bits per heavy atom. The van der Waals surface area contributed by atoms with Crippen LogP contribution in [0.5, 0.6) is 0 Å². The summed E-state index contributed by atoms with van der Waals surface area (Å²) < 4.78 is 0. The predicted molar refractivity (Wildman–Crippen MR) is 46.0 cm³/mol. The lowest BCUT2D eigenvalue weighted by Gasteiger charge is -2.14. The Labute approximate surface area is 72.6 Å². The Morgan fingerprint density at radius 2 is 2.00 bits per heavy atom. The minimum atomic E-state index is -0.860. The van der Waals surface area contributed by atoms with Crippen LogP contribution in [0.25, 0.3) is 0 Å². The van der Waals surface area contributed by atoms with E-state index in [-0.39, 0.29) is 0 Å². The first-order chi connectivity index (χ1) is 5.61. The highest BCUT2D eigenvalue weighted by Gasteiger charge is 2.14. The first-order valence-corrected chi connectivity index (χ1v) is 4.26. The van der Waals surface area contributed by atoms with E-state index in [1.54, 1.807) is 6.92 Å². The van der Waals surface area contributed by atoms with Gasteiger partial charge in [0.15, 0.2) is 0 Å². The second-order valence-corrected chi connectivity index (χ2v) is 2.77. The Bertz CT molecular complexity index is 138. The maximum atomic E-state index is 10.5. The van der Waals surface area contributed by atoms with E-state index in [2.05, 4.69) is 5.32 Å². The minimum Gasteiger partial charge on any atom is -0.480 e. The summed E-state index contributed by atoms with van der Waals surface area (Å²) in [6, 6.07) is -0.536. The molecular weight excluding hydrogens is 158 g/mol. The third kappa shape index (κ3) is 4.31. The van der Waals surface area contributed by atoms with Gasteiger partial charge in [0, 0.05) is 6.54 Å². The zero-order valence-electron chi connectivity index (χ0n) is 7.58. The molecule has 0 amide bonds. The smallest absolute Gasteiger partial charge is 0.320 e. The van der Waals surface area contributed by atoms with Crippen LogP contribution in [0.2, 0.25) is 0 Å². The van der Waals surface area contributed by atoms with Crippen molar-refractivity contribution in [2.45, 2.75) is 38.8 Å². The topological polar surface area (TPSA) is 69.6 Å². The molecule has 12 heavy (non-hydrogen) atoms. The van der Waals surface area contributed by atoms with Crippen LogP contribution in [-0.4, -0.2) is 34.9 Å². The zero-order valence-corrected chi connectivity index (χ0v) is 7.58. The molecule has 4 heteroatoms. The third-order valence-electron chi connectivity index (χ3n) is 1.78. The van der Waals surface area contributed by atoms with Crippen molar-refractivity contribution < 1.29 is 15.0 Å². The van der Waals surface area contributed by atoms with Crippen LogP contribution in [0.1, 0.15) is 26.7 Å². The number of carboxylic acid groups (broad SMARTS) is 1. The van der Waals surface area contributed by atoms with Crippen LogP contribution < -0.4 is 5.32 Å². The van der Waals surface area contributed by atoms with Crippen molar-refractivity contribution in [2.75, 3.05) is 6.54 Å². The minimum absolute atomic E-state index is 0.349. The number of hydrogen-bond donors (Lipinski definition) is 3. The fourth-order valence-electron chi connectivity index (χ4n) is 0.829. The first-order valence-electron chi connectivity index (χ1n) is 4.26. The maximum Gasteiger partial charge on any atom is 0.320 e. The van der Waals surface area contributed by atoms with Crippen molar-refractivity contribution in [1.29, 1.82) is 0 Å². The van der Waals surface area contributed by atoms with Crippen LogP contribution in [0.3, 0.4) is 0 Å². The highest BCUT2D eigenvalue weighted by molar-refractivity contribution is 5.73. The van der Waals surface area contributed by atoms with Gasteiger partial charge in [0.25, 0.3) is 0 Å². The summed E-state index contributed by atoms with van der Waals surface area (Å²) >= 11 is 0. The van der Waals surface area contributed by atoms with Crippen molar-refractivity contribution in [3.63, 3.8) is 0 Å². The van der Waals surface area contributed by atoms with Crippen LogP contribution in [0, 0.1) is 0 Å². The number of carboxylic acids is 1. The Morgan fingerprint density at radius 1 is 1.42 bits per heavy atom. The van der Waals surface area contributed by atoms with E-state index in [1.165, 1.54) is 0 Å². The van der Waals surface area contributed by atoms with Gasteiger partial charge in [-0.15, -0.1) is 0 Å². The zero-order chi connectivity index (χ0) is 9.56. The molecule has 0 heterocycles. The van der Waals surface area contributed by atoms with E-state index in [0.717, 1.165) is 0 Å². The standard InChI is InChI=1S/C8H17NO3/c1-3-6(10)5-9-7(4-2)8(11)12/h6-7,9-10H,3-5H2,1-2H3,(H,11,12). The lowest BCUT2D eigenvalue weighted by atomic mass is 10.2. The van der Waals surface area contributed by atoms with Gasteiger partial charge in [-0.3, -0.25) is 4.79 Å². The molecule has 0 aliphatic carbocycles. The monoisotopic (exact) mass is 175 g/mol. The molecule has 0 aromatic carbocycles. The third-order valence-corrected chi connectivity index (χ3v) is 1.78. The molecular formula is C8H17NO3. The van der Waals surface area contributed by atoms with Gasteiger partial charge in [0.2, 0.25) is 0 Å². The number of carbonyl (C=O) groups is 1. The van der Waals surface area contributed by atoms with E-state index in [4.69, 9.17) is 10.2 Å². The van der Waals surface area contributed by atoms with Crippen molar-refractivity contribution in [3.8, 4) is 0 Å². The molecule has 2 atom stereocenters. The average Bonchev–Trinajstić information content (AvgIpc) is 2.04. The van der Waals surface area contributed by atoms with Gasteiger partial charge in [-0.2, -0.15) is 0 Å². The van der Waals surface area contributed by atoms with E-state index < -0.39 is 18.1 Å². The summed E-state index contributed by atoms with van der Waals surface area (Å²) in [6.45, 7) is 4.00. The Kier molecular flexibility index (Phi) is 5.66. The summed E-state index contributed by atoms with van der Waals surface area (Å²) in [7, 11) is 0. The van der Waals surface area contributed by atoms with E-state index in [9.17, 15) is 4.79 Å². The molecule has 0 aliphatic heterocycles. The molecule has 0 aromatic rings. The second-order valence-electron chi connectivity index (χ2n) is 2.77. The molecule has 0 radical (unpaired) electrons. The molecule has 0 saturated carbocycles. The first kappa shape index (κ1) is 11.4. The molecule has 4 nitrogen and oxygen atoms in total. The van der Waals surface area contributed by atoms with Crippen LogP contribution in [-0.2, 0) is 4.79 Å². The quantitative estimate of drug-likeness (QED) is 0.539. The molecule has 0 fully saturated rings. The fourth-order valence-corrected chi connectivity index (χ4v) is 0.829. The summed E-state index contributed by atoms with van der Waals surface area (Å²) in [4.78, 5) is 10.5. The molecule has 0 aliphatic rings. The summed E-state index contributed by atoms with van der Waals surface area (Å²) in [5.74, 6) is -0.860. The van der Waals surface area contributed by atoms with Gasteiger partial charge in [0.05, 0.1) is 6.10 Å². The number of hydrogen-bond acceptors (Lipinski definition) is 3. The van der Waals surface area contributed by atoms with E-state index >= 15 is 0 Å². The second kappa shape index (κ2) is 5.97. The summed E-state index contributed by atoms with van der Waals surface area (Å²) in [5.41, 5.74) is 0. The van der Waals surface area contributed by atoms with Gasteiger partial charge >= 0.3 is 5.97 Å². The highest BCUT2D eigenvalue weighted by atomic mass is 16.4. The number of aliphatic hydroxyl groups excluding tert-OH is 1. The maximum absolute atomic E-state index is 10.5. The molecule has 72 valence electrons. The Balaban J connectivity index is 3.65. The summed E-state index contributed by atoms with van der Waals surface area (Å²) in [6.07, 6.45) is 0.729. The van der Waals surface area contributed by atoms with Gasteiger partial charge < -0.3 is 15.5 Å². The van der Waals surface area contributed by atoms with Crippen molar-refractivity contribution >= 4 is 5.97 Å². The van der Waals surface area contributed by atoms with Crippen LogP contribution in [0.15, 0.2) is 0 Å². The molecule has 3 N–H and O–H groups in total. The van der Waals surface area contributed by atoms with Gasteiger partial charge in [-0.25, -0.2) is 0 Å². The molecule has 0 bridgehead atoms. The normalized spacial score (nSPS) is 15.6. The molecule has 0 spiro atoms. The Hall–Kier alpha value is -0.610. The van der Waals surface area contributed by atoms with Gasteiger partial charge in [-0.1, -0.05) is 13.8 Å². The van der Waals surface area contributed by atoms with Gasteiger partial charge in [-0.05, 0) is 12.8 Å². The van der Waals surface area contributed by atoms with Crippen molar-refractivity contribution in [1.82, 2.24) is 5.32 Å². The van der Waals surface area contributed by atoms with E-state index in [1.807, 2.05) is 6.92 Å². The largest absolute Gasteiger partial charge is 0.480 e. The number of nitrogens with one attached hydrogen (secondary N) is 1. The molecule has 0 saturated heterocycles. The molecule has 0 aromatic heterocycles. The number of aliphatic hydroxyl groups is 1. The lowest BCUT2D eigenvalue weighted by Crippen LogP contribution is -2.40. The molecule has 0 rings (SSSR count). The SMILES string of the molecule is CCC(O)CNC(CC)C(=O)O. The van der Waals surface area contributed by atoms with Crippen LogP contribution in [0.4, 0.5) is 0 Å². The molecule has 2 unspecified atom stereocenters. The lowest BCUT2D eigenvalue weighted by molar-refractivity contribution is -0.139. The van der Waals surface area contributed by atoms with Crippen molar-refractivity contribution in [2.24, 2.45) is 0 Å².